The molecule has 3 N–H and O–H groups in total. The van der Waals surface area contributed by atoms with E-state index in [-0.39, 0.29) is 0 Å². The van der Waals surface area contributed by atoms with Crippen LogP contribution in [0.1, 0.15) is 23.4 Å². The van der Waals surface area contributed by atoms with E-state index in [0.717, 1.165) is 24.8 Å². The SMILES string of the molecule is CCc1ccsc1C1NCC2C(N)C12. The molecule has 4 atom stereocenters. The predicted octanol–water partition coefficient (Wildman–Crippen LogP) is 1.53. The molecule has 2 heterocycles. The second-order valence-electron chi connectivity index (χ2n) is 4.37. The highest BCUT2D eigenvalue weighted by Crippen LogP contribution is 2.52. The van der Waals surface area contributed by atoms with E-state index in [1.54, 1.807) is 0 Å². The first kappa shape index (κ1) is 8.89. The van der Waals surface area contributed by atoms with Gasteiger partial charge in [0.05, 0.1) is 0 Å². The Kier molecular flexibility index (Phi) is 1.94. The molecule has 0 spiro atoms. The highest BCUT2D eigenvalue weighted by Gasteiger charge is 2.56. The van der Waals surface area contributed by atoms with Crippen LogP contribution in [0.2, 0.25) is 0 Å². The van der Waals surface area contributed by atoms with Crippen LogP contribution >= 0.6 is 11.3 Å². The van der Waals surface area contributed by atoms with Gasteiger partial charge in [0.25, 0.3) is 0 Å². The van der Waals surface area contributed by atoms with Crippen molar-refractivity contribution in [3.63, 3.8) is 0 Å². The van der Waals surface area contributed by atoms with Gasteiger partial charge in [0.2, 0.25) is 0 Å². The maximum atomic E-state index is 6.02. The van der Waals surface area contributed by atoms with Crippen LogP contribution in [0.5, 0.6) is 0 Å². The van der Waals surface area contributed by atoms with Crippen LogP contribution in [0.4, 0.5) is 0 Å². The Hall–Kier alpha value is -0.380. The van der Waals surface area contributed by atoms with E-state index in [1.165, 1.54) is 10.4 Å². The first-order valence-corrected chi connectivity index (χ1v) is 6.26. The summed E-state index contributed by atoms with van der Waals surface area (Å²) in [5, 5.41) is 5.80. The third-order valence-electron chi connectivity index (χ3n) is 3.69. The van der Waals surface area contributed by atoms with Crippen LogP contribution in [0.25, 0.3) is 0 Å². The first-order valence-electron chi connectivity index (χ1n) is 5.38. The fourth-order valence-electron chi connectivity index (χ4n) is 2.75. The number of nitrogens with one attached hydrogen (secondary N) is 1. The number of hydrogen-bond donors (Lipinski definition) is 2. The van der Waals surface area contributed by atoms with Gasteiger partial charge in [0, 0.05) is 29.4 Å². The monoisotopic (exact) mass is 208 g/mol. The van der Waals surface area contributed by atoms with Crippen molar-refractivity contribution in [3.8, 4) is 0 Å². The highest BCUT2D eigenvalue weighted by atomic mass is 32.1. The minimum absolute atomic E-state index is 0.466. The van der Waals surface area contributed by atoms with E-state index in [9.17, 15) is 0 Å². The molecule has 4 unspecified atom stereocenters. The van der Waals surface area contributed by atoms with Crippen molar-refractivity contribution in [1.29, 1.82) is 0 Å². The molecule has 0 aromatic carbocycles. The molecular weight excluding hydrogens is 192 g/mol. The number of aryl methyl sites for hydroxylation is 1. The molecule has 2 fully saturated rings. The van der Waals surface area contributed by atoms with Gasteiger partial charge in [-0.25, -0.2) is 0 Å². The zero-order valence-corrected chi connectivity index (χ0v) is 9.18. The van der Waals surface area contributed by atoms with Gasteiger partial charge < -0.3 is 11.1 Å². The van der Waals surface area contributed by atoms with Crippen molar-refractivity contribution in [3.05, 3.63) is 21.9 Å². The molecule has 0 amide bonds. The Balaban J connectivity index is 1.89. The Labute approximate surface area is 88.5 Å². The van der Waals surface area contributed by atoms with E-state index < -0.39 is 0 Å². The third-order valence-corrected chi connectivity index (χ3v) is 4.74. The summed E-state index contributed by atoms with van der Waals surface area (Å²) in [5.74, 6) is 1.48. The molecule has 14 heavy (non-hydrogen) atoms. The van der Waals surface area contributed by atoms with Crippen LogP contribution in [0.3, 0.4) is 0 Å². The Bertz CT molecular complexity index is 347. The maximum Gasteiger partial charge on any atom is 0.0465 e. The number of piperidine rings is 1. The minimum Gasteiger partial charge on any atom is -0.327 e. The quantitative estimate of drug-likeness (QED) is 0.773. The summed E-state index contributed by atoms with van der Waals surface area (Å²) in [5.41, 5.74) is 7.53. The van der Waals surface area contributed by atoms with E-state index in [1.807, 2.05) is 11.3 Å². The van der Waals surface area contributed by atoms with Crippen LogP contribution in [-0.2, 0) is 6.42 Å². The van der Waals surface area contributed by atoms with E-state index in [0.29, 0.717) is 12.1 Å². The molecule has 0 radical (unpaired) electrons. The van der Waals surface area contributed by atoms with E-state index >= 15 is 0 Å². The zero-order chi connectivity index (χ0) is 9.71. The first-order chi connectivity index (χ1) is 6.83. The summed E-state index contributed by atoms with van der Waals surface area (Å²) >= 11 is 1.89. The fourth-order valence-corrected chi connectivity index (χ4v) is 3.88. The average molecular weight is 208 g/mol. The summed E-state index contributed by atoms with van der Waals surface area (Å²) in [6, 6.07) is 3.28. The average Bonchev–Trinajstić information content (AvgIpc) is 2.65. The molecule has 2 nitrogen and oxygen atoms in total. The van der Waals surface area contributed by atoms with Gasteiger partial charge in [-0.15, -0.1) is 11.3 Å². The molecule has 1 saturated carbocycles. The molecule has 1 aromatic heterocycles. The van der Waals surface area contributed by atoms with Crippen molar-refractivity contribution in [2.75, 3.05) is 6.54 Å². The molecular formula is C11H16N2S. The van der Waals surface area contributed by atoms with Crippen molar-refractivity contribution in [2.45, 2.75) is 25.4 Å². The molecule has 0 bridgehead atoms. The summed E-state index contributed by atoms with van der Waals surface area (Å²) < 4.78 is 0. The molecule has 76 valence electrons. The minimum atomic E-state index is 0.466. The Morgan fingerprint density at radius 1 is 1.64 bits per heavy atom. The molecule has 1 aromatic rings. The molecule has 2 aliphatic rings. The largest absolute Gasteiger partial charge is 0.327 e. The van der Waals surface area contributed by atoms with Gasteiger partial charge in [-0.3, -0.25) is 0 Å². The molecule has 3 heteroatoms. The van der Waals surface area contributed by atoms with Crippen molar-refractivity contribution < 1.29 is 0 Å². The summed E-state index contributed by atoms with van der Waals surface area (Å²) in [6.07, 6.45) is 1.14. The van der Waals surface area contributed by atoms with E-state index in [4.69, 9.17) is 5.73 Å². The van der Waals surface area contributed by atoms with Gasteiger partial charge in [-0.05, 0) is 29.3 Å². The molecule has 1 aliphatic heterocycles. The Morgan fingerprint density at radius 2 is 2.50 bits per heavy atom. The number of hydrogen-bond acceptors (Lipinski definition) is 3. The molecule has 1 saturated heterocycles. The smallest absolute Gasteiger partial charge is 0.0465 e. The number of thiophene rings is 1. The maximum absolute atomic E-state index is 6.02. The topological polar surface area (TPSA) is 38.0 Å². The van der Waals surface area contributed by atoms with Gasteiger partial charge in [0.1, 0.15) is 0 Å². The number of rotatable bonds is 2. The predicted molar refractivity (Wildman–Crippen MR) is 59.4 cm³/mol. The van der Waals surface area contributed by atoms with Crippen molar-refractivity contribution >= 4 is 11.3 Å². The van der Waals surface area contributed by atoms with Crippen molar-refractivity contribution in [1.82, 2.24) is 5.32 Å². The Morgan fingerprint density at radius 3 is 3.14 bits per heavy atom. The molecule has 3 rings (SSSR count). The van der Waals surface area contributed by atoms with Gasteiger partial charge in [-0.2, -0.15) is 0 Å². The summed E-state index contributed by atoms with van der Waals surface area (Å²) in [6.45, 7) is 3.35. The van der Waals surface area contributed by atoms with Crippen LogP contribution in [0.15, 0.2) is 11.4 Å². The lowest BCUT2D eigenvalue weighted by Gasteiger charge is -2.14. The lowest BCUT2D eigenvalue weighted by Crippen LogP contribution is -2.25. The van der Waals surface area contributed by atoms with Gasteiger partial charge >= 0.3 is 0 Å². The number of fused-ring (bicyclic) bond motifs is 1. The lowest BCUT2D eigenvalue weighted by atomic mass is 10.1. The highest BCUT2D eigenvalue weighted by molar-refractivity contribution is 7.10. The number of nitrogens with two attached hydrogens (primary N) is 1. The summed E-state index contributed by atoms with van der Waals surface area (Å²) in [7, 11) is 0. The van der Waals surface area contributed by atoms with Crippen molar-refractivity contribution in [2.24, 2.45) is 17.6 Å². The third kappa shape index (κ3) is 1.09. The van der Waals surface area contributed by atoms with Crippen LogP contribution in [-0.4, -0.2) is 12.6 Å². The van der Waals surface area contributed by atoms with E-state index in [2.05, 4.69) is 23.7 Å². The zero-order valence-electron chi connectivity index (χ0n) is 8.36. The van der Waals surface area contributed by atoms with Crippen LogP contribution < -0.4 is 11.1 Å². The normalized spacial score (nSPS) is 39.9. The van der Waals surface area contributed by atoms with Gasteiger partial charge in [0.15, 0.2) is 0 Å². The fraction of sp³-hybridized carbons (Fsp3) is 0.636. The van der Waals surface area contributed by atoms with Gasteiger partial charge in [-0.1, -0.05) is 6.92 Å². The summed E-state index contributed by atoms with van der Waals surface area (Å²) in [4.78, 5) is 1.54. The molecule has 1 aliphatic carbocycles. The second-order valence-corrected chi connectivity index (χ2v) is 5.32. The second kappa shape index (κ2) is 3.05. The standard InChI is InChI=1S/C11H16N2S/c1-2-6-3-4-14-11(6)10-8-7(5-13-10)9(8)12/h3-4,7-10,13H,2,5,12H2,1H3. The lowest BCUT2D eigenvalue weighted by molar-refractivity contribution is 0.541. The van der Waals surface area contributed by atoms with Crippen LogP contribution in [0, 0.1) is 11.8 Å².